The van der Waals surface area contributed by atoms with Crippen molar-refractivity contribution in [1.29, 1.82) is 0 Å². The monoisotopic (exact) mass is 982 g/mol. The molecular weight excluding hydrogens is 933 g/mol. The van der Waals surface area contributed by atoms with E-state index in [0.29, 0.717) is 0 Å². The van der Waals surface area contributed by atoms with Crippen LogP contribution in [0.4, 0.5) is 5.82 Å². The summed E-state index contributed by atoms with van der Waals surface area (Å²) in [6.45, 7) is 1.22. The van der Waals surface area contributed by atoms with Gasteiger partial charge in [-0.25, -0.2) is 28.6 Å². The molecule has 0 aromatic carbocycles. The highest BCUT2D eigenvalue weighted by Gasteiger charge is 2.50. The fourth-order valence-electron chi connectivity index (χ4n) is 5.45. The number of thioether (sulfide) groups is 1. The second-order valence-electron chi connectivity index (χ2n) is 14.6. The second kappa shape index (κ2) is 22.6. The summed E-state index contributed by atoms with van der Waals surface area (Å²) >= 11 is 0.802. The number of aliphatic hydroxyl groups is 3. The Morgan fingerprint density at radius 2 is 1.54 bits per heavy atom. The normalized spacial score (nSPS) is 21.4. The lowest BCUT2D eigenvalue weighted by atomic mass is 9.87. The van der Waals surface area contributed by atoms with E-state index in [1.54, 1.807) is 0 Å². The molecule has 3 rings (SSSR count). The minimum atomic E-state index is -5.61. The number of carboxylic acid groups (broad SMARTS) is 1. The molecule has 33 heteroatoms. The third-order valence-corrected chi connectivity index (χ3v) is 12.5. The first-order valence-electron chi connectivity index (χ1n) is 18.3. The molecule has 1 fully saturated rings. The molecular formula is C30H49N8O21P3S. The summed E-state index contributed by atoms with van der Waals surface area (Å²) < 4.78 is 62.1. The molecule has 356 valence electrons. The Morgan fingerprint density at radius 1 is 0.937 bits per heavy atom. The topological polar surface area (TPSA) is 450 Å². The molecule has 2 aromatic heterocycles. The van der Waals surface area contributed by atoms with Gasteiger partial charge in [0, 0.05) is 50.1 Å². The molecule has 5 unspecified atom stereocenters. The standard InChI is InChI=1S/C30H49N8O21P3S/c1-29(2,24(45)27(46)34-7-5-17(39)32-6-4-18(40)33-8-9-63-20(43)11-30(3,47)10-19(41)42)13-56-62(53,54)59-61(51,52)55-12-16-23(58-60(48,49)50)22(44)28(57-16)38-15-37-21-25(31)35-14-36-26(21)38/h14-16,22-24,28,44-45,47H,4-13H2,1-3H3,(H,32,39)(H,33,40)(H,34,46)(H,41,42)(H,51,52)(H,53,54)(H2,31,35,36)(H2,48,49,50)/t16-,22-,23-,24?,28?,30?/m1/s1. The van der Waals surface area contributed by atoms with Crippen LogP contribution >= 0.6 is 35.2 Å². The maximum Gasteiger partial charge on any atom is 0.481 e. The Hall–Kier alpha value is -3.54. The third-order valence-electron chi connectivity index (χ3n) is 8.50. The van der Waals surface area contributed by atoms with Crippen LogP contribution in [0.15, 0.2) is 12.7 Å². The van der Waals surface area contributed by atoms with Crippen LogP contribution in [0.25, 0.3) is 11.2 Å². The van der Waals surface area contributed by atoms with Crippen LogP contribution in [0.2, 0.25) is 0 Å². The number of carboxylic acids is 1. The van der Waals surface area contributed by atoms with Gasteiger partial charge >= 0.3 is 29.4 Å². The van der Waals surface area contributed by atoms with Crippen molar-refractivity contribution in [3.05, 3.63) is 12.7 Å². The molecule has 8 atom stereocenters. The summed E-state index contributed by atoms with van der Waals surface area (Å²) in [4.78, 5) is 110. The molecule has 13 N–H and O–H groups in total. The Morgan fingerprint density at radius 3 is 2.16 bits per heavy atom. The summed E-state index contributed by atoms with van der Waals surface area (Å²) in [5.41, 5.74) is 2.45. The smallest absolute Gasteiger partial charge is 0.481 e. The first-order valence-corrected chi connectivity index (χ1v) is 23.8. The molecule has 1 aliphatic rings. The quantitative estimate of drug-likeness (QED) is 0.0351. The van der Waals surface area contributed by atoms with E-state index in [-0.39, 0.29) is 55.2 Å². The predicted octanol–water partition coefficient (Wildman–Crippen LogP) is -2.21. The summed E-state index contributed by atoms with van der Waals surface area (Å²) in [6.07, 6.45) is -8.39. The number of hydrogen-bond acceptors (Lipinski definition) is 21. The Bertz CT molecular complexity index is 2110. The van der Waals surface area contributed by atoms with Crippen molar-refractivity contribution in [2.45, 2.75) is 82.7 Å². The van der Waals surface area contributed by atoms with Crippen molar-refractivity contribution >= 4 is 81.0 Å². The van der Waals surface area contributed by atoms with Gasteiger partial charge in [-0.2, -0.15) is 4.31 Å². The van der Waals surface area contributed by atoms with Crippen LogP contribution in [0.1, 0.15) is 52.7 Å². The number of nitrogens with one attached hydrogen (secondary N) is 3. The fraction of sp³-hybridized carbons (Fsp3) is 0.667. The number of fused-ring (bicyclic) bond motifs is 1. The SMILES string of the molecule is CC(O)(CC(=O)O)CC(=O)SCCNC(=O)CCNC(=O)CCNC(=O)C(O)C(C)(C)COP(=O)(O)OP(=O)(O)OC[C@H]1OC(n2cnc3c(N)ncnc32)[C@H](O)[C@@H]1OP(=O)(O)O. The number of ether oxygens (including phenoxy) is 1. The van der Waals surface area contributed by atoms with Crippen LogP contribution in [-0.4, -0.2) is 157 Å². The zero-order chi connectivity index (χ0) is 47.6. The number of amides is 3. The minimum absolute atomic E-state index is 0.0107. The largest absolute Gasteiger partial charge is 0.481 e. The molecule has 0 bridgehead atoms. The number of aromatic nitrogens is 4. The van der Waals surface area contributed by atoms with Gasteiger partial charge in [0.05, 0.1) is 31.6 Å². The summed E-state index contributed by atoms with van der Waals surface area (Å²) in [5, 5.41) is 47.0. The molecule has 0 spiro atoms. The Kier molecular flexibility index (Phi) is 19.3. The van der Waals surface area contributed by atoms with Gasteiger partial charge in [0.2, 0.25) is 17.7 Å². The van der Waals surface area contributed by atoms with Crippen molar-refractivity contribution in [2.24, 2.45) is 5.41 Å². The number of hydrogen-bond donors (Lipinski definition) is 12. The van der Waals surface area contributed by atoms with Crippen LogP contribution in [0, 0.1) is 5.41 Å². The van der Waals surface area contributed by atoms with Crippen LogP contribution < -0.4 is 21.7 Å². The highest BCUT2D eigenvalue weighted by atomic mass is 32.2. The van der Waals surface area contributed by atoms with Gasteiger partial charge in [-0.05, 0) is 6.92 Å². The fourth-order valence-corrected chi connectivity index (χ4v) is 9.12. The number of nitrogens with zero attached hydrogens (tertiary/aromatic N) is 4. The number of phosphoric ester groups is 3. The number of nitrogens with two attached hydrogens (primary N) is 1. The van der Waals surface area contributed by atoms with E-state index in [1.165, 1.54) is 20.8 Å². The molecule has 29 nitrogen and oxygen atoms in total. The van der Waals surface area contributed by atoms with Crippen molar-refractivity contribution in [2.75, 3.05) is 44.3 Å². The van der Waals surface area contributed by atoms with E-state index in [1.807, 2.05) is 0 Å². The molecule has 0 radical (unpaired) electrons. The molecule has 1 aliphatic heterocycles. The van der Waals surface area contributed by atoms with Crippen LogP contribution in [0.5, 0.6) is 0 Å². The maximum absolute atomic E-state index is 12.7. The van der Waals surface area contributed by atoms with Crippen molar-refractivity contribution in [3.63, 3.8) is 0 Å². The van der Waals surface area contributed by atoms with Gasteiger partial charge in [0.25, 0.3) is 0 Å². The number of nitrogen functional groups attached to an aromatic ring is 1. The number of carbonyl (C=O) groups is 5. The molecule has 3 amide bonds. The van der Waals surface area contributed by atoms with Crippen molar-refractivity contribution in [1.82, 2.24) is 35.5 Å². The number of aliphatic carboxylic acids is 1. The minimum Gasteiger partial charge on any atom is -0.481 e. The van der Waals surface area contributed by atoms with Gasteiger partial charge in [0.15, 0.2) is 22.8 Å². The predicted molar refractivity (Wildman–Crippen MR) is 212 cm³/mol. The van der Waals surface area contributed by atoms with E-state index in [9.17, 15) is 72.6 Å². The van der Waals surface area contributed by atoms with Gasteiger partial charge < -0.3 is 66.4 Å². The number of anilines is 1. The van der Waals surface area contributed by atoms with E-state index in [4.69, 9.17) is 24.6 Å². The average Bonchev–Trinajstić information content (AvgIpc) is 3.70. The van der Waals surface area contributed by atoms with Gasteiger partial charge in [-0.15, -0.1) is 0 Å². The number of carbonyl (C=O) groups excluding carboxylic acids is 4. The van der Waals surface area contributed by atoms with Gasteiger partial charge in [-0.3, -0.25) is 42.1 Å². The van der Waals surface area contributed by atoms with Crippen molar-refractivity contribution in [3.8, 4) is 0 Å². The van der Waals surface area contributed by atoms with Crippen molar-refractivity contribution < 1.29 is 100 Å². The lowest BCUT2D eigenvalue weighted by Gasteiger charge is -2.30. The van der Waals surface area contributed by atoms with E-state index >= 15 is 0 Å². The van der Waals surface area contributed by atoms with Crippen LogP contribution in [0.3, 0.4) is 0 Å². The number of phosphoric acid groups is 3. The summed E-state index contributed by atoms with van der Waals surface area (Å²) in [5.74, 6) is -3.27. The average molecular weight is 983 g/mol. The summed E-state index contributed by atoms with van der Waals surface area (Å²) in [7, 11) is -16.5. The summed E-state index contributed by atoms with van der Waals surface area (Å²) in [6, 6.07) is 0. The highest BCUT2D eigenvalue weighted by Crippen LogP contribution is 2.61. The van der Waals surface area contributed by atoms with Crippen LogP contribution in [-0.2, 0) is 60.3 Å². The Balaban J connectivity index is 1.40. The molecule has 2 aromatic rings. The number of imidazole rings is 1. The Labute approximate surface area is 361 Å². The lowest BCUT2D eigenvalue weighted by Crippen LogP contribution is -2.46. The zero-order valence-corrected chi connectivity index (χ0v) is 37.1. The number of rotatable bonds is 26. The molecule has 0 saturated carbocycles. The van der Waals surface area contributed by atoms with E-state index in [2.05, 4.69) is 39.7 Å². The highest BCUT2D eigenvalue weighted by molar-refractivity contribution is 8.13. The number of aliphatic hydroxyl groups excluding tert-OH is 2. The molecule has 1 saturated heterocycles. The van der Waals surface area contributed by atoms with E-state index in [0.717, 1.165) is 29.0 Å². The second-order valence-corrected chi connectivity index (χ2v) is 20.0. The van der Waals surface area contributed by atoms with Gasteiger partial charge in [0.1, 0.15) is 36.3 Å². The molecule has 3 heterocycles. The molecule has 63 heavy (non-hydrogen) atoms. The van der Waals surface area contributed by atoms with E-state index < -0.39 is 120 Å². The molecule has 0 aliphatic carbocycles. The lowest BCUT2D eigenvalue weighted by molar-refractivity contribution is -0.142. The first-order chi connectivity index (χ1) is 29.0. The third kappa shape index (κ3) is 17.8. The first kappa shape index (κ1) is 53.8. The zero-order valence-electron chi connectivity index (χ0n) is 33.6. The maximum atomic E-state index is 12.7. The van der Waals surface area contributed by atoms with Gasteiger partial charge in [-0.1, -0.05) is 25.6 Å².